The van der Waals surface area contributed by atoms with Crippen LogP contribution in [0.3, 0.4) is 0 Å². The van der Waals surface area contributed by atoms with Crippen LogP contribution in [-0.4, -0.2) is 40.1 Å². The number of rotatable bonds is 5. The van der Waals surface area contributed by atoms with Gasteiger partial charge in [-0.15, -0.1) is 0 Å². The predicted octanol–water partition coefficient (Wildman–Crippen LogP) is -1.10. The van der Waals surface area contributed by atoms with Crippen molar-refractivity contribution in [1.29, 1.82) is 0 Å². The van der Waals surface area contributed by atoms with Crippen LogP contribution in [0.15, 0.2) is 0 Å². The molecule has 0 fully saturated rings. The van der Waals surface area contributed by atoms with Crippen molar-refractivity contribution in [3.63, 3.8) is 0 Å². The molecule has 66 valence electrons. The molecule has 0 radical (unpaired) electrons. The molecule has 0 aromatic carbocycles. The van der Waals surface area contributed by atoms with Gasteiger partial charge in [0.25, 0.3) is 0 Å². The standard InChI is InChI=1S/C6H14N2O3/c1-7-6(8-2)11-5(9)4-10-3/h6-8H,4H2,1-3H3. The third kappa shape index (κ3) is 4.72. The van der Waals surface area contributed by atoms with Crippen LogP contribution in [0.2, 0.25) is 0 Å². The van der Waals surface area contributed by atoms with Gasteiger partial charge >= 0.3 is 5.97 Å². The van der Waals surface area contributed by atoms with Gasteiger partial charge in [-0.05, 0) is 14.1 Å². The van der Waals surface area contributed by atoms with Crippen molar-refractivity contribution < 1.29 is 14.3 Å². The number of methoxy groups -OCH3 is 1. The fourth-order valence-corrected chi connectivity index (χ4v) is 0.546. The number of hydrogen-bond acceptors (Lipinski definition) is 5. The number of carbonyl (C=O) groups excluding carboxylic acids is 1. The molecule has 0 aliphatic heterocycles. The first kappa shape index (κ1) is 10.3. The smallest absolute Gasteiger partial charge is 0.334 e. The number of hydrogen-bond donors (Lipinski definition) is 2. The van der Waals surface area contributed by atoms with Crippen LogP contribution < -0.4 is 10.6 Å². The van der Waals surface area contributed by atoms with E-state index in [1.807, 2.05) is 0 Å². The van der Waals surface area contributed by atoms with Crippen LogP contribution in [0, 0.1) is 0 Å². The van der Waals surface area contributed by atoms with Gasteiger partial charge in [0.15, 0.2) is 0 Å². The second-order valence-electron chi connectivity index (χ2n) is 1.88. The molecule has 0 bridgehead atoms. The summed E-state index contributed by atoms with van der Waals surface area (Å²) in [4.78, 5) is 10.7. The van der Waals surface area contributed by atoms with E-state index < -0.39 is 12.3 Å². The van der Waals surface area contributed by atoms with E-state index in [4.69, 9.17) is 4.74 Å². The second kappa shape index (κ2) is 6.09. The maximum atomic E-state index is 10.7. The SMILES string of the molecule is CNC(NC)OC(=O)COC. The maximum Gasteiger partial charge on any atom is 0.334 e. The Balaban J connectivity index is 3.54. The molecule has 0 saturated heterocycles. The average Bonchev–Trinajstić information content (AvgIpc) is 2.01. The Morgan fingerprint density at radius 1 is 1.45 bits per heavy atom. The minimum absolute atomic E-state index is 0.0279. The average molecular weight is 162 g/mol. The van der Waals surface area contributed by atoms with Crippen LogP contribution in [0.1, 0.15) is 0 Å². The van der Waals surface area contributed by atoms with Gasteiger partial charge in [0.1, 0.15) is 6.61 Å². The summed E-state index contributed by atoms with van der Waals surface area (Å²) in [5.74, 6) is -0.402. The van der Waals surface area contributed by atoms with Gasteiger partial charge in [-0.1, -0.05) is 0 Å². The predicted molar refractivity (Wildman–Crippen MR) is 39.9 cm³/mol. The number of esters is 1. The third-order valence-corrected chi connectivity index (χ3v) is 1.04. The summed E-state index contributed by atoms with van der Waals surface area (Å²) in [6.45, 7) is -0.0279. The van der Waals surface area contributed by atoms with Gasteiger partial charge < -0.3 is 9.47 Å². The zero-order valence-electron chi connectivity index (χ0n) is 7.01. The van der Waals surface area contributed by atoms with Crippen LogP contribution in [0.4, 0.5) is 0 Å². The summed E-state index contributed by atoms with van der Waals surface area (Å²) in [7, 11) is 4.80. The number of nitrogens with one attached hydrogen (secondary N) is 2. The topological polar surface area (TPSA) is 59.6 Å². The molecule has 0 aromatic heterocycles. The second-order valence-corrected chi connectivity index (χ2v) is 1.88. The highest BCUT2D eigenvalue weighted by Gasteiger charge is 2.08. The fraction of sp³-hybridized carbons (Fsp3) is 0.833. The van der Waals surface area contributed by atoms with E-state index in [-0.39, 0.29) is 6.61 Å². The molecule has 5 heteroatoms. The van der Waals surface area contributed by atoms with Crippen molar-refractivity contribution >= 4 is 5.97 Å². The van der Waals surface area contributed by atoms with Crippen molar-refractivity contribution in [2.24, 2.45) is 0 Å². The summed E-state index contributed by atoms with van der Waals surface area (Å²) >= 11 is 0. The highest BCUT2D eigenvalue weighted by molar-refractivity contribution is 5.70. The molecule has 0 rings (SSSR count). The monoisotopic (exact) mass is 162 g/mol. The van der Waals surface area contributed by atoms with Crippen LogP contribution in [0.5, 0.6) is 0 Å². The van der Waals surface area contributed by atoms with Crippen LogP contribution in [0.25, 0.3) is 0 Å². The lowest BCUT2D eigenvalue weighted by Gasteiger charge is -2.14. The van der Waals surface area contributed by atoms with Crippen molar-refractivity contribution in [3.8, 4) is 0 Å². The first-order valence-electron chi connectivity index (χ1n) is 3.27. The van der Waals surface area contributed by atoms with E-state index in [0.29, 0.717) is 0 Å². The Labute approximate surface area is 66.1 Å². The molecule has 0 aliphatic carbocycles. The quantitative estimate of drug-likeness (QED) is 0.397. The molecule has 0 amide bonds. The molecular formula is C6H14N2O3. The summed E-state index contributed by atoms with van der Waals surface area (Å²) < 4.78 is 9.37. The van der Waals surface area contributed by atoms with Gasteiger partial charge in [-0.25, -0.2) is 4.79 Å². The lowest BCUT2D eigenvalue weighted by molar-refractivity contribution is -0.156. The molecule has 2 N–H and O–H groups in total. The molecule has 0 aromatic rings. The van der Waals surface area contributed by atoms with E-state index in [1.165, 1.54) is 7.11 Å². The summed E-state index contributed by atoms with van der Waals surface area (Å²) in [6.07, 6.45) is -0.447. The fourth-order valence-electron chi connectivity index (χ4n) is 0.546. The summed E-state index contributed by atoms with van der Waals surface area (Å²) in [5.41, 5.74) is 0. The lowest BCUT2D eigenvalue weighted by Crippen LogP contribution is -2.42. The molecule has 0 aliphatic rings. The highest BCUT2D eigenvalue weighted by Crippen LogP contribution is 1.83. The third-order valence-electron chi connectivity index (χ3n) is 1.04. The molecule has 0 atom stereocenters. The molecule has 0 saturated carbocycles. The van der Waals surface area contributed by atoms with Crippen LogP contribution >= 0.6 is 0 Å². The van der Waals surface area contributed by atoms with Gasteiger partial charge in [-0.3, -0.25) is 10.6 Å². The number of ether oxygens (including phenoxy) is 2. The van der Waals surface area contributed by atoms with Gasteiger partial charge in [0.05, 0.1) is 0 Å². The first-order chi connectivity index (χ1) is 5.24. The zero-order valence-corrected chi connectivity index (χ0v) is 7.01. The summed E-state index contributed by atoms with van der Waals surface area (Å²) in [5, 5.41) is 5.46. The molecule has 0 unspecified atom stereocenters. The maximum absolute atomic E-state index is 10.7. The van der Waals surface area contributed by atoms with E-state index in [9.17, 15) is 4.79 Å². The minimum Gasteiger partial charge on any atom is -0.431 e. The van der Waals surface area contributed by atoms with E-state index in [0.717, 1.165) is 0 Å². The van der Waals surface area contributed by atoms with Gasteiger partial charge in [0, 0.05) is 7.11 Å². The molecule has 0 spiro atoms. The lowest BCUT2D eigenvalue weighted by atomic mass is 10.7. The Morgan fingerprint density at radius 2 is 2.00 bits per heavy atom. The van der Waals surface area contributed by atoms with Crippen molar-refractivity contribution in [2.75, 3.05) is 27.8 Å². The van der Waals surface area contributed by atoms with Crippen LogP contribution in [-0.2, 0) is 14.3 Å². The Hall–Kier alpha value is -0.650. The van der Waals surface area contributed by atoms with Gasteiger partial charge in [-0.2, -0.15) is 0 Å². The Bertz CT molecular complexity index is 114. The Kier molecular flexibility index (Phi) is 5.73. The first-order valence-corrected chi connectivity index (χ1v) is 3.27. The summed E-state index contributed by atoms with van der Waals surface area (Å²) in [6, 6.07) is 0. The van der Waals surface area contributed by atoms with Gasteiger partial charge in [0.2, 0.25) is 6.35 Å². The minimum atomic E-state index is -0.447. The normalized spacial score (nSPS) is 10.2. The zero-order chi connectivity index (χ0) is 8.69. The molecular weight excluding hydrogens is 148 g/mol. The Morgan fingerprint density at radius 3 is 2.36 bits per heavy atom. The largest absolute Gasteiger partial charge is 0.431 e. The van der Waals surface area contributed by atoms with E-state index in [2.05, 4.69) is 15.4 Å². The highest BCUT2D eigenvalue weighted by atomic mass is 16.6. The van der Waals surface area contributed by atoms with Crippen molar-refractivity contribution in [3.05, 3.63) is 0 Å². The van der Waals surface area contributed by atoms with Crippen molar-refractivity contribution in [1.82, 2.24) is 10.6 Å². The molecule has 11 heavy (non-hydrogen) atoms. The molecule has 0 heterocycles. The number of carbonyl (C=O) groups is 1. The van der Waals surface area contributed by atoms with Crippen molar-refractivity contribution in [2.45, 2.75) is 6.35 Å². The molecule has 5 nitrogen and oxygen atoms in total. The van der Waals surface area contributed by atoms with E-state index >= 15 is 0 Å². The van der Waals surface area contributed by atoms with E-state index in [1.54, 1.807) is 14.1 Å².